The van der Waals surface area contributed by atoms with Crippen LogP contribution in [0.1, 0.15) is 43.2 Å². The zero-order valence-electron chi connectivity index (χ0n) is 12.0. The Morgan fingerprint density at radius 3 is 2.80 bits per heavy atom. The lowest BCUT2D eigenvalue weighted by Gasteiger charge is -2.22. The van der Waals surface area contributed by atoms with Crippen molar-refractivity contribution >= 4 is 12.0 Å². The van der Waals surface area contributed by atoms with Gasteiger partial charge < -0.3 is 9.84 Å². The van der Waals surface area contributed by atoms with Crippen LogP contribution in [0.4, 0.5) is 0 Å². The number of carboxylic acid groups (broad SMARTS) is 1. The average Bonchev–Trinajstić information content (AvgIpc) is 2.45. The van der Waals surface area contributed by atoms with E-state index >= 15 is 0 Å². The van der Waals surface area contributed by atoms with E-state index in [1.54, 1.807) is 6.08 Å². The first-order valence-corrected chi connectivity index (χ1v) is 7.30. The van der Waals surface area contributed by atoms with Gasteiger partial charge in [-0.05, 0) is 37.3 Å². The Labute approximate surface area is 120 Å². The van der Waals surface area contributed by atoms with Gasteiger partial charge in [0, 0.05) is 11.6 Å². The summed E-state index contributed by atoms with van der Waals surface area (Å²) in [5, 5.41) is 8.74. The Balaban J connectivity index is 2.06. The number of carboxylic acids is 1. The SMILES string of the molecule is Cc1cccc(/C=C/C(=O)O)c1OCC1CCCCC1. The number of hydrogen-bond acceptors (Lipinski definition) is 2. The zero-order chi connectivity index (χ0) is 14.4. The lowest BCUT2D eigenvalue weighted by molar-refractivity contribution is -0.131. The van der Waals surface area contributed by atoms with E-state index in [9.17, 15) is 4.79 Å². The van der Waals surface area contributed by atoms with Crippen molar-refractivity contribution in [3.63, 3.8) is 0 Å². The lowest BCUT2D eigenvalue weighted by atomic mass is 9.90. The lowest BCUT2D eigenvalue weighted by Crippen LogP contribution is -2.16. The normalized spacial score (nSPS) is 16.4. The molecule has 2 rings (SSSR count). The number of rotatable bonds is 5. The summed E-state index contributed by atoms with van der Waals surface area (Å²) in [7, 11) is 0. The molecule has 1 aromatic rings. The van der Waals surface area contributed by atoms with Crippen molar-refractivity contribution in [2.75, 3.05) is 6.61 Å². The molecule has 0 spiro atoms. The number of aliphatic carboxylic acids is 1. The van der Waals surface area contributed by atoms with E-state index in [2.05, 4.69) is 0 Å². The molecule has 0 unspecified atom stereocenters. The predicted molar refractivity (Wildman–Crippen MR) is 79.9 cm³/mol. The number of benzene rings is 1. The van der Waals surface area contributed by atoms with Gasteiger partial charge in [0.05, 0.1) is 6.61 Å². The molecule has 0 aliphatic heterocycles. The van der Waals surface area contributed by atoms with E-state index in [0.717, 1.165) is 29.6 Å². The fourth-order valence-electron chi connectivity index (χ4n) is 2.72. The minimum atomic E-state index is -0.940. The van der Waals surface area contributed by atoms with Crippen LogP contribution in [0.2, 0.25) is 0 Å². The highest BCUT2D eigenvalue weighted by molar-refractivity contribution is 5.86. The van der Waals surface area contributed by atoms with Crippen molar-refractivity contribution in [2.45, 2.75) is 39.0 Å². The molecule has 0 aromatic heterocycles. The van der Waals surface area contributed by atoms with Gasteiger partial charge >= 0.3 is 5.97 Å². The van der Waals surface area contributed by atoms with Crippen LogP contribution in [0.3, 0.4) is 0 Å². The van der Waals surface area contributed by atoms with E-state index < -0.39 is 5.97 Å². The van der Waals surface area contributed by atoms with Crippen LogP contribution in [-0.4, -0.2) is 17.7 Å². The van der Waals surface area contributed by atoms with E-state index in [1.807, 2.05) is 25.1 Å². The van der Waals surface area contributed by atoms with Crippen molar-refractivity contribution < 1.29 is 14.6 Å². The molecule has 0 radical (unpaired) electrons. The third kappa shape index (κ3) is 4.12. The summed E-state index contributed by atoms with van der Waals surface area (Å²) in [5.74, 6) is 0.514. The van der Waals surface area contributed by atoms with Crippen LogP contribution in [0.5, 0.6) is 5.75 Å². The molecular formula is C17H22O3. The van der Waals surface area contributed by atoms with E-state index in [0.29, 0.717) is 5.92 Å². The van der Waals surface area contributed by atoms with Crippen molar-refractivity contribution in [3.05, 3.63) is 35.4 Å². The van der Waals surface area contributed by atoms with Crippen molar-refractivity contribution in [2.24, 2.45) is 5.92 Å². The number of para-hydroxylation sites is 1. The van der Waals surface area contributed by atoms with Crippen molar-refractivity contribution in [3.8, 4) is 5.75 Å². The van der Waals surface area contributed by atoms with Gasteiger partial charge in [-0.3, -0.25) is 0 Å². The second-order valence-corrected chi connectivity index (χ2v) is 5.48. The van der Waals surface area contributed by atoms with Gasteiger partial charge in [-0.25, -0.2) is 4.79 Å². The van der Waals surface area contributed by atoms with Gasteiger partial charge in [0.2, 0.25) is 0 Å². The van der Waals surface area contributed by atoms with Crippen LogP contribution in [0.15, 0.2) is 24.3 Å². The second-order valence-electron chi connectivity index (χ2n) is 5.48. The van der Waals surface area contributed by atoms with Gasteiger partial charge in [0.25, 0.3) is 0 Å². The average molecular weight is 274 g/mol. The zero-order valence-corrected chi connectivity index (χ0v) is 12.0. The van der Waals surface area contributed by atoms with Crippen molar-refractivity contribution in [1.82, 2.24) is 0 Å². The van der Waals surface area contributed by atoms with E-state index in [1.165, 1.54) is 32.1 Å². The molecule has 20 heavy (non-hydrogen) atoms. The number of aryl methyl sites for hydroxylation is 1. The molecule has 1 saturated carbocycles. The Morgan fingerprint density at radius 2 is 2.10 bits per heavy atom. The summed E-state index contributed by atoms with van der Waals surface area (Å²) in [4.78, 5) is 10.6. The highest BCUT2D eigenvalue weighted by atomic mass is 16.5. The summed E-state index contributed by atoms with van der Waals surface area (Å²) < 4.78 is 6.00. The van der Waals surface area contributed by atoms with Crippen LogP contribution in [-0.2, 0) is 4.79 Å². The minimum Gasteiger partial charge on any atom is -0.492 e. The Hall–Kier alpha value is -1.77. The van der Waals surface area contributed by atoms with Crippen molar-refractivity contribution in [1.29, 1.82) is 0 Å². The van der Waals surface area contributed by atoms with Gasteiger partial charge in [0.15, 0.2) is 0 Å². The van der Waals surface area contributed by atoms with Gasteiger partial charge in [0.1, 0.15) is 5.75 Å². The Bertz CT molecular complexity index is 485. The van der Waals surface area contributed by atoms with Gasteiger partial charge in [-0.15, -0.1) is 0 Å². The minimum absolute atomic E-state index is 0.639. The summed E-state index contributed by atoms with van der Waals surface area (Å²) in [6, 6.07) is 5.81. The second kappa shape index (κ2) is 7.13. The fourth-order valence-corrected chi connectivity index (χ4v) is 2.72. The molecule has 1 N–H and O–H groups in total. The molecule has 0 amide bonds. The van der Waals surface area contributed by atoms with Gasteiger partial charge in [-0.2, -0.15) is 0 Å². The first kappa shape index (κ1) is 14.6. The summed E-state index contributed by atoms with van der Waals surface area (Å²) in [5.41, 5.74) is 1.89. The molecule has 0 atom stereocenters. The number of carbonyl (C=O) groups is 1. The first-order valence-electron chi connectivity index (χ1n) is 7.30. The quantitative estimate of drug-likeness (QED) is 0.824. The molecule has 0 saturated heterocycles. The summed E-state index contributed by atoms with van der Waals surface area (Å²) >= 11 is 0. The molecule has 1 aliphatic carbocycles. The smallest absolute Gasteiger partial charge is 0.328 e. The molecule has 1 fully saturated rings. The Morgan fingerprint density at radius 1 is 1.35 bits per heavy atom. The molecular weight excluding hydrogens is 252 g/mol. The highest BCUT2D eigenvalue weighted by Crippen LogP contribution is 2.28. The van der Waals surface area contributed by atoms with Crippen LogP contribution in [0.25, 0.3) is 6.08 Å². The molecule has 0 heterocycles. The molecule has 108 valence electrons. The molecule has 3 heteroatoms. The summed E-state index contributed by atoms with van der Waals surface area (Å²) in [6.45, 7) is 2.73. The number of ether oxygens (including phenoxy) is 1. The van der Waals surface area contributed by atoms with Crippen LogP contribution in [0, 0.1) is 12.8 Å². The highest BCUT2D eigenvalue weighted by Gasteiger charge is 2.15. The van der Waals surface area contributed by atoms with Crippen LogP contribution < -0.4 is 4.74 Å². The maximum Gasteiger partial charge on any atom is 0.328 e. The number of hydrogen-bond donors (Lipinski definition) is 1. The first-order chi connectivity index (χ1) is 9.66. The molecule has 3 nitrogen and oxygen atoms in total. The largest absolute Gasteiger partial charge is 0.492 e. The molecule has 0 bridgehead atoms. The molecule has 1 aliphatic rings. The topological polar surface area (TPSA) is 46.5 Å². The summed E-state index contributed by atoms with van der Waals surface area (Å²) in [6.07, 6.45) is 9.18. The predicted octanol–water partition coefficient (Wildman–Crippen LogP) is 4.05. The van der Waals surface area contributed by atoms with E-state index in [4.69, 9.17) is 9.84 Å². The third-order valence-electron chi connectivity index (χ3n) is 3.84. The van der Waals surface area contributed by atoms with Crippen LogP contribution >= 0.6 is 0 Å². The van der Waals surface area contributed by atoms with Gasteiger partial charge in [-0.1, -0.05) is 37.5 Å². The third-order valence-corrected chi connectivity index (χ3v) is 3.84. The monoisotopic (exact) mass is 274 g/mol. The maximum absolute atomic E-state index is 10.6. The Kier molecular flexibility index (Phi) is 5.22. The maximum atomic E-state index is 10.6. The van der Waals surface area contributed by atoms with E-state index in [-0.39, 0.29) is 0 Å². The molecule has 1 aromatic carbocycles. The standard InChI is InChI=1S/C17H22O3/c1-13-6-5-9-15(10-11-16(18)19)17(13)20-12-14-7-3-2-4-8-14/h5-6,9-11,14H,2-4,7-8,12H2,1H3,(H,18,19)/b11-10+. The fraction of sp³-hybridized carbons (Fsp3) is 0.471.